The van der Waals surface area contributed by atoms with Crippen molar-refractivity contribution in [3.05, 3.63) is 59.8 Å². The number of pyridine rings is 1. The first-order chi connectivity index (χ1) is 9.33. The molecular formula is C16H21N3. The highest BCUT2D eigenvalue weighted by molar-refractivity contribution is 5.40. The fraction of sp³-hybridized carbons (Fsp3) is 0.312. The first-order valence-corrected chi connectivity index (χ1v) is 6.72. The summed E-state index contributed by atoms with van der Waals surface area (Å²) in [5, 5.41) is 3.13. The first kappa shape index (κ1) is 13.6. The minimum atomic E-state index is 0.859. The molecule has 1 aromatic carbocycles. The lowest BCUT2D eigenvalue weighted by Crippen LogP contribution is -2.23. The minimum Gasteiger partial charge on any atom is -0.353 e. The molecule has 1 heterocycles. The number of nitrogens with one attached hydrogen (secondary N) is 1. The maximum Gasteiger partial charge on any atom is 0.128 e. The Morgan fingerprint density at radius 3 is 2.42 bits per heavy atom. The predicted octanol–water partition coefficient (Wildman–Crippen LogP) is 2.83. The summed E-state index contributed by atoms with van der Waals surface area (Å²) in [6.45, 7) is 4.87. The van der Waals surface area contributed by atoms with E-state index in [-0.39, 0.29) is 0 Å². The fourth-order valence-corrected chi connectivity index (χ4v) is 2.07. The minimum absolute atomic E-state index is 0.859. The summed E-state index contributed by atoms with van der Waals surface area (Å²) in [4.78, 5) is 6.83. The third kappa shape index (κ3) is 3.80. The van der Waals surface area contributed by atoms with E-state index in [9.17, 15) is 0 Å². The second-order valence-electron chi connectivity index (χ2n) is 4.55. The lowest BCUT2D eigenvalue weighted by atomic mass is 10.2. The molecule has 19 heavy (non-hydrogen) atoms. The van der Waals surface area contributed by atoms with Crippen LogP contribution in [0.2, 0.25) is 0 Å². The van der Waals surface area contributed by atoms with Gasteiger partial charge in [0.1, 0.15) is 5.82 Å². The highest BCUT2D eigenvalue weighted by atomic mass is 15.2. The number of anilines is 1. The van der Waals surface area contributed by atoms with Gasteiger partial charge < -0.3 is 10.2 Å². The number of rotatable bonds is 6. The van der Waals surface area contributed by atoms with Crippen LogP contribution in [0.25, 0.3) is 0 Å². The molecule has 1 aromatic heterocycles. The molecule has 0 fully saturated rings. The average Bonchev–Trinajstić information content (AvgIpc) is 2.47. The molecule has 3 heteroatoms. The van der Waals surface area contributed by atoms with Crippen LogP contribution in [0.1, 0.15) is 18.1 Å². The normalized spacial score (nSPS) is 10.4. The highest BCUT2D eigenvalue weighted by Gasteiger charge is 2.06. The molecule has 1 N–H and O–H groups in total. The first-order valence-electron chi connectivity index (χ1n) is 6.72. The molecular weight excluding hydrogens is 234 g/mol. The molecule has 0 spiro atoms. The molecule has 0 atom stereocenters. The van der Waals surface area contributed by atoms with Crippen molar-refractivity contribution in [3.63, 3.8) is 0 Å². The van der Waals surface area contributed by atoms with E-state index in [4.69, 9.17) is 0 Å². The summed E-state index contributed by atoms with van der Waals surface area (Å²) < 4.78 is 0. The molecule has 0 saturated carbocycles. The van der Waals surface area contributed by atoms with Crippen molar-refractivity contribution >= 4 is 5.82 Å². The van der Waals surface area contributed by atoms with Crippen molar-refractivity contribution in [3.8, 4) is 0 Å². The van der Waals surface area contributed by atoms with Gasteiger partial charge in [0.2, 0.25) is 0 Å². The zero-order chi connectivity index (χ0) is 13.5. The van der Waals surface area contributed by atoms with Crippen LogP contribution in [0.5, 0.6) is 0 Å². The third-order valence-corrected chi connectivity index (χ3v) is 3.11. The van der Waals surface area contributed by atoms with Crippen molar-refractivity contribution < 1.29 is 0 Å². The van der Waals surface area contributed by atoms with Gasteiger partial charge in [0.25, 0.3) is 0 Å². The molecule has 0 unspecified atom stereocenters. The van der Waals surface area contributed by atoms with Crippen LogP contribution in [-0.2, 0) is 13.1 Å². The van der Waals surface area contributed by atoms with Crippen LogP contribution in [0.3, 0.4) is 0 Å². The Bertz CT molecular complexity index is 479. The van der Waals surface area contributed by atoms with Crippen molar-refractivity contribution in [1.29, 1.82) is 0 Å². The van der Waals surface area contributed by atoms with Crippen molar-refractivity contribution in [2.75, 3.05) is 18.5 Å². The number of aromatic nitrogens is 1. The standard InChI is InChI=1S/C16H21N3/c1-3-19(13-14-7-5-4-6-8-14)16-10-9-15(11-17-2)12-18-16/h4-10,12,17H,3,11,13H2,1-2H3. The van der Waals surface area contributed by atoms with Gasteiger partial charge >= 0.3 is 0 Å². The van der Waals surface area contributed by atoms with Gasteiger partial charge in [-0.15, -0.1) is 0 Å². The van der Waals surface area contributed by atoms with E-state index in [0.717, 1.165) is 25.5 Å². The van der Waals surface area contributed by atoms with Crippen LogP contribution >= 0.6 is 0 Å². The van der Waals surface area contributed by atoms with Gasteiger partial charge in [0, 0.05) is 25.8 Å². The molecule has 0 aliphatic rings. The van der Waals surface area contributed by atoms with Gasteiger partial charge in [-0.2, -0.15) is 0 Å². The number of hydrogen-bond donors (Lipinski definition) is 1. The van der Waals surface area contributed by atoms with Crippen molar-refractivity contribution in [2.45, 2.75) is 20.0 Å². The Morgan fingerprint density at radius 2 is 1.84 bits per heavy atom. The van der Waals surface area contributed by atoms with E-state index in [1.807, 2.05) is 19.3 Å². The van der Waals surface area contributed by atoms with Crippen LogP contribution in [0.15, 0.2) is 48.7 Å². The van der Waals surface area contributed by atoms with Gasteiger partial charge in [-0.1, -0.05) is 36.4 Å². The molecule has 0 aliphatic heterocycles. The maximum atomic E-state index is 4.55. The van der Waals surface area contributed by atoms with E-state index < -0.39 is 0 Å². The molecule has 0 saturated heterocycles. The summed E-state index contributed by atoms with van der Waals surface area (Å²) in [6, 6.07) is 14.7. The van der Waals surface area contributed by atoms with Gasteiger partial charge in [0.05, 0.1) is 0 Å². The number of benzene rings is 1. The third-order valence-electron chi connectivity index (χ3n) is 3.11. The van der Waals surface area contributed by atoms with E-state index >= 15 is 0 Å². The van der Waals surface area contributed by atoms with Gasteiger partial charge in [-0.05, 0) is 31.2 Å². The number of nitrogens with zero attached hydrogens (tertiary/aromatic N) is 2. The summed E-state index contributed by atoms with van der Waals surface area (Å²) in [5.41, 5.74) is 2.52. The van der Waals surface area contributed by atoms with E-state index in [2.05, 4.69) is 58.5 Å². The van der Waals surface area contributed by atoms with Crippen LogP contribution in [-0.4, -0.2) is 18.6 Å². The zero-order valence-electron chi connectivity index (χ0n) is 11.6. The Hall–Kier alpha value is -1.87. The molecule has 100 valence electrons. The second-order valence-corrected chi connectivity index (χ2v) is 4.55. The molecule has 3 nitrogen and oxygen atoms in total. The van der Waals surface area contributed by atoms with Gasteiger partial charge in [-0.25, -0.2) is 4.98 Å². The summed E-state index contributed by atoms with van der Waals surface area (Å²) in [5.74, 6) is 1.03. The lowest BCUT2D eigenvalue weighted by molar-refractivity contribution is 0.796. The lowest BCUT2D eigenvalue weighted by Gasteiger charge is -2.22. The monoisotopic (exact) mass is 255 g/mol. The maximum absolute atomic E-state index is 4.55. The molecule has 0 aliphatic carbocycles. The Morgan fingerprint density at radius 1 is 1.05 bits per heavy atom. The largest absolute Gasteiger partial charge is 0.353 e. The van der Waals surface area contributed by atoms with Crippen LogP contribution in [0.4, 0.5) is 5.82 Å². The fourth-order valence-electron chi connectivity index (χ4n) is 2.07. The predicted molar refractivity (Wildman–Crippen MR) is 80.2 cm³/mol. The topological polar surface area (TPSA) is 28.2 Å². The molecule has 0 amide bonds. The zero-order valence-corrected chi connectivity index (χ0v) is 11.6. The Labute approximate surface area is 115 Å². The van der Waals surface area contributed by atoms with Crippen molar-refractivity contribution in [1.82, 2.24) is 10.3 Å². The molecule has 2 aromatic rings. The quantitative estimate of drug-likeness (QED) is 0.860. The summed E-state index contributed by atoms with van der Waals surface area (Å²) in [6.07, 6.45) is 1.94. The second kappa shape index (κ2) is 6.90. The van der Waals surface area contributed by atoms with E-state index in [1.54, 1.807) is 0 Å². The van der Waals surface area contributed by atoms with E-state index in [0.29, 0.717) is 0 Å². The molecule has 2 rings (SSSR count). The van der Waals surface area contributed by atoms with Crippen LogP contribution in [0, 0.1) is 0 Å². The summed E-state index contributed by atoms with van der Waals surface area (Å²) in [7, 11) is 1.95. The average molecular weight is 255 g/mol. The van der Waals surface area contributed by atoms with Gasteiger partial charge in [0.15, 0.2) is 0 Å². The highest BCUT2D eigenvalue weighted by Crippen LogP contribution is 2.14. The smallest absolute Gasteiger partial charge is 0.128 e. The molecule has 0 bridgehead atoms. The van der Waals surface area contributed by atoms with Crippen LogP contribution < -0.4 is 10.2 Å². The SMILES string of the molecule is CCN(Cc1ccccc1)c1ccc(CNC)cn1. The Kier molecular flexibility index (Phi) is 4.93. The van der Waals surface area contributed by atoms with Gasteiger partial charge in [-0.3, -0.25) is 0 Å². The Balaban J connectivity index is 2.08. The summed E-state index contributed by atoms with van der Waals surface area (Å²) >= 11 is 0. The molecule has 0 radical (unpaired) electrons. The van der Waals surface area contributed by atoms with E-state index in [1.165, 1.54) is 11.1 Å². The van der Waals surface area contributed by atoms with Crippen molar-refractivity contribution in [2.24, 2.45) is 0 Å². The number of hydrogen-bond acceptors (Lipinski definition) is 3.